The monoisotopic (exact) mass is 396 g/mol. The SMILES string of the molecule is CCc1nc(C(=O)O)c(C#N)n1-c1ncc(CC(C)(C)C(F)(F)F)cc1OC. The van der Waals surface area contributed by atoms with Crippen molar-refractivity contribution >= 4 is 5.97 Å². The Morgan fingerprint density at radius 2 is 2.04 bits per heavy atom. The molecule has 28 heavy (non-hydrogen) atoms. The third-order valence-corrected chi connectivity index (χ3v) is 4.31. The van der Waals surface area contributed by atoms with Gasteiger partial charge in [0.25, 0.3) is 0 Å². The number of halogens is 3. The van der Waals surface area contributed by atoms with E-state index in [4.69, 9.17) is 4.74 Å². The van der Waals surface area contributed by atoms with Gasteiger partial charge in [-0.1, -0.05) is 20.8 Å². The highest BCUT2D eigenvalue weighted by Crippen LogP contribution is 2.40. The molecule has 0 saturated carbocycles. The molecule has 0 aliphatic heterocycles. The first kappa shape index (κ1) is 21.2. The smallest absolute Gasteiger partial charge is 0.394 e. The van der Waals surface area contributed by atoms with Crippen LogP contribution in [0.3, 0.4) is 0 Å². The molecule has 1 N–H and O–H groups in total. The molecule has 7 nitrogen and oxygen atoms in total. The lowest BCUT2D eigenvalue weighted by atomic mass is 9.85. The van der Waals surface area contributed by atoms with Gasteiger partial charge in [0.1, 0.15) is 11.9 Å². The second-order valence-electron chi connectivity index (χ2n) is 6.76. The van der Waals surface area contributed by atoms with Crippen molar-refractivity contribution in [3.63, 3.8) is 0 Å². The first-order valence-corrected chi connectivity index (χ1v) is 8.31. The lowest BCUT2D eigenvalue weighted by molar-refractivity contribution is -0.211. The van der Waals surface area contributed by atoms with Crippen LogP contribution in [-0.2, 0) is 12.8 Å². The number of aromatic carboxylic acids is 1. The van der Waals surface area contributed by atoms with E-state index in [-0.39, 0.29) is 35.1 Å². The normalized spacial score (nSPS) is 11.9. The predicted octanol–water partition coefficient (Wildman–Crippen LogP) is 3.54. The summed E-state index contributed by atoms with van der Waals surface area (Å²) < 4.78 is 46.0. The second-order valence-corrected chi connectivity index (χ2v) is 6.76. The first-order valence-electron chi connectivity index (χ1n) is 8.31. The number of aryl methyl sites for hydroxylation is 1. The number of carbonyl (C=O) groups is 1. The van der Waals surface area contributed by atoms with E-state index >= 15 is 0 Å². The standard InChI is InChI=1S/C18H19F3N4O3/c1-5-13-24-14(16(26)27)11(8-22)25(13)15-12(28-4)6-10(9-23-15)7-17(2,3)18(19,20)21/h6,9H,5,7H2,1-4H3,(H,26,27). The Hall–Kier alpha value is -3.09. The van der Waals surface area contributed by atoms with Crippen LogP contribution in [-0.4, -0.2) is 38.9 Å². The third kappa shape index (κ3) is 3.78. The average molecular weight is 396 g/mol. The lowest BCUT2D eigenvalue weighted by Gasteiger charge is -2.27. The molecule has 0 saturated heterocycles. The minimum Gasteiger partial charge on any atom is -0.493 e. The molecule has 0 radical (unpaired) electrons. The van der Waals surface area contributed by atoms with E-state index in [0.717, 1.165) is 13.8 Å². The molecule has 0 aliphatic rings. The zero-order chi connectivity index (χ0) is 21.3. The van der Waals surface area contributed by atoms with Crippen LogP contribution in [0.1, 0.15) is 48.3 Å². The maximum atomic E-state index is 13.2. The van der Waals surface area contributed by atoms with Crippen LogP contribution in [0.25, 0.3) is 5.82 Å². The maximum absolute atomic E-state index is 13.2. The minimum absolute atomic E-state index is 0.0875. The Bertz CT molecular complexity index is 943. The molecular weight excluding hydrogens is 377 g/mol. The van der Waals surface area contributed by atoms with Gasteiger partial charge < -0.3 is 9.84 Å². The topological polar surface area (TPSA) is 101 Å². The van der Waals surface area contributed by atoms with E-state index < -0.39 is 23.3 Å². The highest BCUT2D eigenvalue weighted by molar-refractivity contribution is 5.88. The summed E-state index contributed by atoms with van der Waals surface area (Å²) in [5.74, 6) is -0.906. The Morgan fingerprint density at radius 1 is 1.39 bits per heavy atom. The van der Waals surface area contributed by atoms with Gasteiger partial charge in [-0.3, -0.25) is 4.57 Å². The van der Waals surface area contributed by atoms with Crippen molar-refractivity contribution in [2.45, 2.75) is 39.8 Å². The van der Waals surface area contributed by atoms with Crippen LogP contribution in [0, 0.1) is 16.7 Å². The van der Waals surface area contributed by atoms with Crippen molar-refractivity contribution in [2.75, 3.05) is 7.11 Å². The van der Waals surface area contributed by atoms with Crippen molar-refractivity contribution in [3.8, 4) is 17.6 Å². The van der Waals surface area contributed by atoms with Crippen molar-refractivity contribution in [1.29, 1.82) is 5.26 Å². The fourth-order valence-electron chi connectivity index (χ4n) is 2.69. The number of carboxylic acids is 1. The third-order valence-electron chi connectivity index (χ3n) is 4.31. The molecule has 0 amide bonds. The van der Waals surface area contributed by atoms with E-state index in [1.165, 1.54) is 23.9 Å². The Kier molecular flexibility index (Phi) is 5.68. The van der Waals surface area contributed by atoms with Crippen LogP contribution in [0.5, 0.6) is 5.75 Å². The number of carboxylic acid groups (broad SMARTS) is 1. The highest BCUT2D eigenvalue weighted by atomic mass is 19.4. The highest BCUT2D eigenvalue weighted by Gasteiger charge is 2.47. The molecule has 2 aromatic heterocycles. The minimum atomic E-state index is -4.40. The molecule has 0 atom stereocenters. The molecule has 0 aliphatic carbocycles. The van der Waals surface area contributed by atoms with Crippen molar-refractivity contribution < 1.29 is 27.8 Å². The molecule has 0 aromatic carbocycles. The number of nitriles is 1. The summed E-state index contributed by atoms with van der Waals surface area (Å²) >= 11 is 0. The maximum Gasteiger partial charge on any atom is 0.394 e. The number of methoxy groups -OCH3 is 1. The van der Waals surface area contributed by atoms with Crippen molar-refractivity contribution in [1.82, 2.24) is 14.5 Å². The van der Waals surface area contributed by atoms with Crippen LogP contribution in [0.15, 0.2) is 12.3 Å². The summed E-state index contributed by atoms with van der Waals surface area (Å²) in [6, 6.07) is 3.20. The molecule has 150 valence electrons. The number of hydrogen-bond donors (Lipinski definition) is 1. The van der Waals surface area contributed by atoms with Crippen molar-refractivity contribution in [3.05, 3.63) is 35.0 Å². The van der Waals surface area contributed by atoms with Gasteiger partial charge in [-0.15, -0.1) is 0 Å². The zero-order valence-corrected chi connectivity index (χ0v) is 15.8. The summed E-state index contributed by atoms with van der Waals surface area (Å²) in [6.07, 6.45) is -3.17. The molecule has 0 spiro atoms. The van der Waals surface area contributed by atoms with E-state index in [1.807, 2.05) is 0 Å². The number of imidazole rings is 1. The van der Waals surface area contributed by atoms with Gasteiger partial charge in [0, 0.05) is 12.6 Å². The summed E-state index contributed by atoms with van der Waals surface area (Å²) in [7, 11) is 1.31. The number of alkyl halides is 3. The first-order chi connectivity index (χ1) is 13.0. The van der Waals surface area contributed by atoms with Crippen LogP contribution >= 0.6 is 0 Å². The number of rotatable bonds is 6. The predicted molar refractivity (Wildman–Crippen MR) is 92.5 cm³/mol. The molecule has 0 unspecified atom stereocenters. The van der Waals surface area contributed by atoms with E-state index in [0.29, 0.717) is 6.42 Å². The van der Waals surface area contributed by atoms with E-state index in [1.54, 1.807) is 13.0 Å². The molecule has 2 heterocycles. The van der Waals surface area contributed by atoms with Gasteiger partial charge in [-0.25, -0.2) is 14.8 Å². The van der Waals surface area contributed by atoms with E-state index in [2.05, 4.69) is 9.97 Å². The number of aromatic nitrogens is 3. The van der Waals surface area contributed by atoms with Gasteiger partial charge in [-0.05, 0) is 18.1 Å². The molecule has 0 fully saturated rings. The molecular formula is C18H19F3N4O3. The molecule has 0 bridgehead atoms. The summed E-state index contributed by atoms with van der Waals surface area (Å²) in [6.45, 7) is 3.90. The quantitative estimate of drug-likeness (QED) is 0.802. The zero-order valence-electron chi connectivity index (χ0n) is 15.8. The van der Waals surface area contributed by atoms with Gasteiger partial charge in [0.2, 0.25) is 0 Å². The second kappa shape index (κ2) is 7.50. The largest absolute Gasteiger partial charge is 0.493 e. The van der Waals surface area contributed by atoms with Gasteiger partial charge >= 0.3 is 12.1 Å². The Labute approximate surface area is 159 Å². The summed E-state index contributed by atoms with van der Waals surface area (Å²) in [5, 5.41) is 18.7. The van der Waals surface area contributed by atoms with Gasteiger partial charge in [-0.2, -0.15) is 18.4 Å². The van der Waals surface area contributed by atoms with Crippen LogP contribution < -0.4 is 4.74 Å². The molecule has 2 rings (SSSR count). The lowest BCUT2D eigenvalue weighted by Crippen LogP contribution is -2.34. The van der Waals surface area contributed by atoms with Gasteiger partial charge in [0.15, 0.2) is 23.0 Å². The number of pyridine rings is 1. The molecule has 2 aromatic rings. The fourth-order valence-corrected chi connectivity index (χ4v) is 2.69. The Balaban J connectivity index is 2.61. The fraction of sp³-hybridized carbons (Fsp3) is 0.444. The van der Waals surface area contributed by atoms with E-state index in [9.17, 15) is 28.3 Å². The number of hydrogen-bond acceptors (Lipinski definition) is 5. The van der Waals surface area contributed by atoms with Gasteiger partial charge in [0.05, 0.1) is 12.5 Å². The summed E-state index contributed by atoms with van der Waals surface area (Å²) in [4.78, 5) is 19.5. The molecule has 10 heteroatoms. The number of ether oxygens (including phenoxy) is 1. The Morgan fingerprint density at radius 3 is 2.50 bits per heavy atom. The summed E-state index contributed by atoms with van der Waals surface area (Å²) in [5.41, 5.74) is -2.35. The average Bonchev–Trinajstić information content (AvgIpc) is 2.99. The van der Waals surface area contributed by atoms with Crippen LogP contribution in [0.4, 0.5) is 13.2 Å². The number of nitrogens with zero attached hydrogens (tertiary/aromatic N) is 4. The van der Waals surface area contributed by atoms with Crippen LogP contribution in [0.2, 0.25) is 0 Å². The van der Waals surface area contributed by atoms with Crippen molar-refractivity contribution in [2.24, 2.45) is 5.41 Å².